The highest BCUT2D eigenvalue weighted by molar-refractivity contribution is 9.10. The zero-order valence-electron chi connectivity index (χ0n) is 10.3. The normalized spacial score (nSPS) is 10.4. The number of benzene rings is 2. The lowest BCUT2D eigenvalue weighted by Crippen LogP contribution is -2.01. The number of aryl methyl sites for hydroxylation is 1. The van der Waals surface area contributed by atoms with E-state index in [4.69, 9.17) is 5.11 Å². The molecule has 0 amide bonds. The molecule has 18 heavy (non-hydrogen) atoms. The van der Waals surface area contributed by atoms with Gasteiger partial charge in [-0.2, -0.15) is 0 Å². The van der Waals surface area contributed by atoms with E-state index in [0.717, 1.165) is 22.3 Å². The van der Waals surface area contributed by atoms with Crippen molar-refractivity contribution in [2.75, 3.05) is 5.32 Å². The second-order valence-electron chi connectivity index (χ2n) is 4.29. The van der Waals surface area contributed by atoms with Crippen LogP contribution in [0.5, 0.6) is 0 Å². The van der Waals surface area contributed by atoms with E-state index >= 15 is 0 Å². The van der Waals surface area contributed by atoms with E-state index in [1.165, 1.54) is 11.1 Å². The monoisotopic (exact) mass is 305 g/mol. The molecule has 0 bridgehead atoms. The van der Waals surface area contributed by atoms with E-state index in [1.807, 2.05) is 30.3 Å². The van der Waals surface area contributed by atoms with Gasteiger partial charge in [0, 0.05) is 16.7 Å². The average molecular weight is 306 g/mol. The summed E-state index contributed by atoms with van der Waals surface area (Å²) in [5.74, 6) is 0. The summed E-state index contributed by atoms with van der Waals surface area (Å²) >= 11 is 3.46. The third kappa shape index (κ3) is 3.34. The third-order valence-electron chi connectivity index (χ3n) is 2.88. The van der Waals surface area contributed by atoms with Gasteiger partial charge in [-0.25, -0.2) is 0 Å². The molecule has 0 atom stereocenters. The number of aliphatic hydroxyl groups excluding tert-OH is 1. The van der Waals surface area contributed by atoms with E-state index in [1.54, 1.807) is 0 Å². The number of aliphatic hydroxyl groups is 1. The fourth-order valence-electron chi connectivity index (χ4n) is 1.79. The molecule has 2 rings (SSSR count). The smallest absolute Gasteiger partial charge is 0.0681 e. The zero-order chi connectivity index (χ0) is 13.0. The van der Waals surface area contributed by atoms with Crippen LogP contribution in [0, 0.1) is 6.92 Å². The van der Waals surface area contributed by atoms with Gasteiger partial charge in [-0.15, -0.1) is 0 Å². The van der Waals surface area contributed by atoms with Gasteiger partial charge in [0.15, 0.2) is 0 Å². The lowest BCUT2D eigenvalue weighted by atomic mass is 10.1. The molecule has 0 aliphatic rings. The molecule has 0 aromatic heterocycles. The number of rotatable bonds is 4. The predicted octanol–water partition coefficient (Wildman–Crippen LogP) is 3.86. The van der Waals surface area contributed by atoms with E-state index in [2.05, 4.69) is 40.3 Å². The summed E-state index contributed by atoms with van der Waals surface area (Å²) in [5, 5.41) is 12.4. The summed E-state index contributed by atoms with van der Waals surface area (Å²) in [6.45, 7) is 2.97. The first-order valence-electron chi connectivity index (χ1n) is 5.88. The minimum Gasteiger partial charge on any atom is -0.392 e. The molecule has 3 heteroatoms. The first kappa shape index (κ1) is 13.1. The molecule has 0 aliphatic carbocycles. The van der Waals surface area contributed by atoms with Crippen LogP contribution in [0.1, 0.15) is 16.7 Å². The van der Waals surface area contributed by atoms with Gasteiger partial charge in [0.1, 0.15) is 0 Å². The molecule has 0 spiro atoms. The molecule has 0 saturated carbocycles. The Balaban J connectivity index is 2.02. The molecule has 94 valence electrons. The van der Waals surface area contributed by atoms with Gasteiger partial charge in [0.05, 0.1) is 6.61 Å². The maximum absolute atomic E-state index is 8.98. The van der Waals surface area contributed by atoms with Gasteiger partial charge >= 0.3 is 0 Å². The van der Waals surface area contributed by atoms with Crippen molar-refractivity contribution >= 4 is 21.6 Å². The number of hydrogen-bond acceptors (Lipinski definition) is 2. The lowest BCUT2D eigenvalue weighted by molar-refractivity contribution is 0.282. The van der Waals surface area contributed by atoms with Crippen LogP contribution < -0.4 is 5.32 Å². The number of anilines is 1. The summed E-state index contributed by atoms with van der Waals surface area (Å²) < 4.78 is 1.10. The van der Waals surface area contributed by atoms with Crippen LogP contribution in [0.2, 0.25) is 0 Å². The summed E-state index contributed by atoms with van der Waals surface area (Å²) in [6.07, 6.45) is 0. The van der Waals surface area contributed by atoms with Crippen LogP contribution in [0.25, 0.3) is 0 Å². The van der Waals surface area contributed by atoms with Crippen molar-refractivity contribution in [3.8, 4) is 0 Å². The number of halogens is 1. The van der Waals surface area contributed by atoms with E-state index < -0.39 is 0 Å². The second kappa shape index (κ2) is 6.03. The Morgan fingerprint density at radius 1 is 1.06 bits per heavy atom. The highest BCUT2D eigenvalue weighted by Gasteiger charge is 1.99. The Morgan fingerprint density at radius 3 is 2.33 bits per heavy atom. The molecular formula is C15H16BrNO. The molecular weight excluding hydrogens is 290 g/mol. The number of hydrogen-bond donors (Lipinski definition) is 2. The Hall–Kier alpha value is -1.32. The zero-order valence-corrected chi connectivity index (χ0v) is 11.9. The standard InChI is InChI=1S/C15H16BrNO/c1-11-8-14(16)6-7-15(11)17-9-12-2-4-13(10-18)5-3-12/h2-8,17-18H,9-10H2,1H3. The van der Waals surface area contributed by atoms with Crippen LogP contribution in [-0.4, -0.2) is 5.11 Å². The van der Waals surface area contributed by atoms with E-state index in [-0.39, 0.29) is 6.61 Å². The van der Waals surface area contributed by atoms with Crippen molar-refractivity contribution in [3.63, 3.8) is 0 Å². The van der Waals surface area contributed by atoms with Crippen LogP contribution >= 0.6 is 15.9 Å². The largest absolute Gasteiger partial charge is 0.392 e. The van der Waals surface area contributed by atoms with Gasteiger partial charge in [0.25, 0.3) is 0 Å². The summed E-state index contributed by atoms with van der Waals surface area (Å²) in [5.41, 5.74) is 4.51. The molecule has 0 aliphatic heterocycles. The van der Waals surface area contributed by atoms with Crippen LogP contribution in [-0.2, 0) is 13.2 Å². The molecule has 0 fully saturated rings. The Morgan fingerprint density at radius 2 is 1.72 bits per heavy atom. The maximum Gasteiger partial charge on any atom is 0.0681 e. The Bertz CT molecular complexity index is 523. The van der Waals surface area contributed by atoms with Crippen molar-refractivity contribution in [1.29, 1.82) is 0 Å². The molecule has 2 N–H and O–H groups in total. The van der Waals surface area contributed by atoms with E-state index in [9.17, 15) is 0 Å². The maximum atomic E-state index is 8.98. The molecule has 2 aromatic rings. The van der Waals surface area contributed by atoms with Gasteiger partial charge in [-0.3, -0.25) is 0 Å². The molecule has 0 heterocycles. The van der Waals surface area contributed by atoms with Gasteiger partial charge in [0.2, 0.25) is 0 Å². The summed E-state index contributed by atoms with van der Waals surface area (Å²) in [4.78, 5) is 0. The van der Waals surface area contributed by atoms with Gasteiger partial charge in [-0.05, 0) is 41.8 Å². The van der Waals surface area contributed by atoms with Crippen molar-refractivity contribution in [1.82, 2.24) is 0 Å². The average Bonchev–Trinajstić information content (AvgIpc) is 2.38. The van der Waals surface area contributed by atoms with Crippen molar-refractivity contribution in [2.24, 2.45) is 0 Å². The van der Waals surface area contributed by atoms with Gasteiger partial charge < -0.3 is 10.4 Å². The third-order valence-corrected chi connectivity index (χ3v) is 3.37. The highest BCUT2D eigenvalue weighted by atomic mass is 79.9. The minimum atomic E-state index is 0.0968. The molecule has 0 saturated heterocycles. The van der Waals surface area contributed by atoms with Crippen molar-refractivity contribution in [2.45, 2.75) is 20.1 Å². The van der Waals surface area contributed by atoms with E-state index in [0.29, 0.717) is 0 Å². The van der Waals surface area contributed by atoms with Crippen molar-refractivity contribution in [3.05, 3.63) is 63.6 Å². The molecule has 0 unspecified atom stereocenters. The van der Waals surface area contributed by atoms with Crippen LogP contribution in [0.15, 0.2) is 46.9 Å². The highest BCUT2D eigenvalue weighted by Crippen LogP contribution is 2.20. The lowest BCUT2D eigenvalue weighted by Gasteiger charge is -2.10. The van der Waals surface area contributed by atoms with Crippen molar-refractivity contribution < 1.29 is 5.11 Å². The SMILES string of the molecule is Cc1cc(Br)ccc1NCc1ccc(CO)cc1. The first-order chi connectivity index (χ1) is 8.69. The quantitative estimate of drug-likeness (QED) is 0.899. The fraction of sp³-hybridized carbons (Fsp3) is 0.200. The van der Waals surface area contributed by atoms with Crippen LogP contribution in [0.4, 0.5) is 5.69 Å². The fourth-order valence-corrected chi connectivity index (χ4v) is 2.26. The van der Waals surface area contributed by atoms with Gasteiger partial charge in [-0.1, -0.05) is 40.2 Å². The predicted molar refractivity (Wildman–Crippen MR) is 78.6 cm³/mol. The molecule has 2 aromatic carbocycles. The molecule has 2 nitrogen and oxygen atoms in total. The second-order valence-corrected chi connectivity index (χ2v) is 5.20. The molecule has 0 radical (unpaired) electrons. The minimum absolute atomic E-state index is 0.0968. The summed E-state index contributed by atoms with van der Waals surface area (Å²) in [7, 11) is 0. The first-order valence-corrected chi connectivity index (χ1v) is 6.67. The Labute approximate surface area is 116 Å². The van der Waals surface area contributed by atoms with Crippen LogP contribution in [0.3, 0.4) is 0 Å². The number of nitrogens with one attached hydrogen (secondary N) is 1. The Kier molecular flexibility index (Phi) is 4.39. The topological polar surface area (TPSA) is 32.3 Å². The summed E-state index contributed by atoms with van der Waals surface area (Å²) in [6, 6.07) is 14.2.